The lowest BCUT2D eigenvalue weighted by Crippen LogP contribution is -2.28. The van der Waals surface area contributed by atoms with Crippen molar-refractivity contribution in [2.24, 2.45) is 11.8 Å². The molecule has 0 aromatic heterocycles. The highest BCUT2D eigenvalue weighted by Gasteiger charge is 2.21. The van der Waals surface area contributed by atoms with Crippen LogP contribution in [0.5, 0.6) is 0 Å². The molecule has 0 aliphatic heterocycles. The predicted octanol–water partition coefficient (Wildman–Crippen LogP) is 3.96. The quantitative estimate of drug-likeness (QED) is 0.485. The molecule has 0 saturated carbocycles. The molecule has 94 valence electrons. The molecule has 2 nitrogen and oxygen atoms in total. The molecule has 0 heterocycles. The minimum absolute atomic E-state index is 0.0441. The molecule has 0 aliphatic carbocycles. The first-order valence-electron chi connectivity index (χ1n) is 6.33. The van der Waals surface area contributed by atoms with E-state index in [-0.39, 0.29) is 12.1 Å². The highest BCUT2D eigenvalue weighted by Crippen LogP contribution is 2.17. The van der Waals surface area contributed by atoms with Crippen molar-refractivity contribution < 1.29 is 9.53 Å². The summed E-state index contributed by atoms with van der Waals surface area (Å²) >= 11 is 0. The van der Waals surface area contributed by atoms with E-state index in [1.807, 2.05) is 6.08 Å². The lowest BCUT2D eigenvalue weighted by atomic mass is 9.96. The van der Waals surface area contributed by atoms with Gasteiger partial charge in [-0.2, -0.15) is 0 Å². The molecular formula is C14H26O2. The van der Waals surface area contributed by atoms with Crippen molar-refractivity contribution in [1.29, 1.82) is 0 Å². The largest absolute Gasteiger partial charge is 0.462 e. The summed E-state index contributed by atoms with van der Waals surface area (Å²) in [6.45, 7) is 10.5. The van der Waals surface area contributed by atoms with Crippen LogP contribution in [0.2, 0.25) is 0 Å². The zero-order valence-corrected chi connectivity index (χ0v) is 11.3. The fraction of sp³-hybridized carbons (Fsp3) is 0.786. The van der Waals surface area contributed by atoms with Crippen LogP contribution in [0.3, 0.4) is 0 Å². The van der Waals surface area contributed by atoms with Gasteiger partial charge in [-0.25, -0.2) is 0 Å². The van der Waals surface area contributed by atoms with Crippen LogP contribution in [0.25, 0.3) is 0 Å². The van der Waals surface area contributed by atoms with Gasteiger partial charge < -0.3 is 4.74 Å². The monoisotopic (exact) mass is 226 g/mol. The standard InChI is InChI=1S/C14H26O2/c1-6-7-8-9-10-13(15)16-14(11(2)3)12(4)5/h7-8,11-12,14H,6,9-10H2,1-5H3/b8-7-. The highest BCUT2D eigenvalue weighted by atomic mass is 16.5. The Balaban J connectivity index is 3.96. The van der Waals surface area contributed by atoms with Crippen molar-refractivity contribution in [3.05, 3.63) is 12.2 Å². The maximum Gasteiger partial charge on any atom is 0.306 e. The van der Waals surface area contributed by atoms with Gasteiger partial charge in [0.1, 0.15) is 6.10 Å². The van der Waals surface area contributed by atoms with Crippen LogP contribution < -0.4 is 0 Å². The molecule has 0 saturated heterocycles. The number of carbonyl (C=O) groups excluding carboxylic acids is 1. The molecule has 0 amide bonds. The van der Waals surface area contributed by atoms with Crippen LogP contribution in [0, 0.1) is 11.8 Å². The molecule has 0 aromatic carbocycles. The van der Waals surface area contributed by atoms with Gasteiger partial charge in [0.25, 0.3) is 0 Å². The molecule has 0 spiro atoms. The minimum atomic E-state index is -0.0758. The smallest absolute Gasteiger partial charge is 0.306 e. The van der Waals surface area contributed by atoms with Gasteiger partial charge in [0.2, 0.25) is 0 Å². The Morgan fingerprint density at radius 3 is 2.12 bits per heavy atom. The van der Waals surface area contributed by atoms with E-state index in [1.165, 1.54) is 0 Å². The van der Waals surface area contributed by atoms with E-state index >= 15 is 0 Å². The molecule has 0 atom stereocenters. The average molecular weight is 226 g/mol. The van der Waals surface area contributed by atoms with E-state index in [1.54, 1.807) is 0 Å². The van der Waals surface area contributed by atoms with Crippen molar-refractivity contribution in [3.63, 3.8) is 0 Å². The van der Waals surface area contributed by atoms with E-state index in [4.69, 9.17) is 4.74 Å². The first-order valence-corrected chi connectivity index (χ1v) is 6.33. The van der Waals surface area contributed by atoms with Gasteiger partial charge in [-0.1, -0.05) is 46.8 Å². The van der Waals surface area contributed by atoms with Gasteiger partial charge >= 0.3 is 5.97 Å². The van der Waals surface area contributed by atoms with Gasteiger partial charge in [0.15, 0.2) is 0 Å². The summed E-state index contributed by atoms with van der Waals surface area (Å²) in [5, 5.41) is 0. The number of hydrogen-bond acceptors (Lipinski definition) is 2. The molecule has 2 heteroatoms. The van der Waals surface area contributed by atoms with Crippen LogP contribution in [0.4, 0.5) is 0 Å². The summed E-state index contributed by atoms with van der Waals surface area (Å²) < 4.78 is 5.48. The van der Waals surface area contributed by atoms with Crippen molar-refractivity contribution in [1.82, 2.24) is 0 Å². The zero-order valence-electron chi connectivity index (χ0n) is 11.3. The van der Waals surface area contributed by atoms with Gasteiger partial charge in [-0.3, -0.25) is 4.79 Å². The maximum atomic E-state index is 11.6. The maximum absolute atomic E-state index is 11.6. The Hall–Kier alpha value is -0.790. The topological polar surface area (TPSA) is 26.3 Å². The van der Waals surface area contributed by atoms with Gasteiger partial charge in [0, 0.05) is 6.42 Å². The van der Waals surface area contributed by atoms with E-state index in [2.05, 4.69) is 40.7 Å². The number of esters is 1. The summed E-state index contributed by atoms with van der Waals surface area (Å²) in [5.74, 6) is 0.693. The number of allylic oxidation sites excluding steroid dienone is 2. The summed E-state index contributed by atoms with van der Waals surface area (Å²) in [4.78, 5) is 11.6. The Kier molecular flexibility index (Phi) is 7.96. The summed E-state index contributed by atoms with van der Waals surface area (Å²) in [5.41, 5.74) is 0. The van der Waals surface area contributed by atoms with Gasteiger partial charge in [-0.15, -0.1) is 0 Å². The van der Waals surface area contributed by atoms with Crippen molar-refractivity contribution in [3.8, 4) is 0 Å². The SMILES string of the molecule is CC/C=C\CCC(=O)OC(C(C)C)C(C)C. The zero-order chi connectivity index (χ0) is 12.6. The van der Waals surface area contributed by atoms with Crippen LogP contribution in [0.15, 0.2) is 12.2 Å². The molecule has 0 aromatic rings. The molecule has 0 rings (SSSR count). The highest BCUT2D eigenvalue weighted by molar-refractivity contribution is 5.69. The van der Waals surface area contributed by atoms with Crippen LogP contribution in [-0.4, -0.2) is 12.1 Å². The lowest BCUT2D eigenvalue weighted by molar-refractivity contribution is -0.153. The van der Waals surface area contributed by atoms with Crippen LogP contribution >= 0.6 is 0 Å². The molecule has 0 aliphatic rings. The minimum Gasteiger partial charge on any atom is -0.462 e. The average Bonchev–Trinajstić information content (AvgIpc) is 2.20. The number of hydrogen-bond donors (Lipinski definition) is 0. The molecular weight excluding hydrogens is 200 g/mol. The second-order valence-corrected chi connectivity index (χ2v) is 4.86. The lowest BCUT2D eigenvalue weighted by Gasteiger charge is -2.24. The second kappa shape index (κ2) is 8.37. The first-order chi connectivity index (χ1) is 7.49. The first kappa shape index (κ1) is 15.2. The number of rotatable bonds is 7. The Labute approximate surface area is 100 Å². The molecule has 0 fully saturated rings. The molecule has 0 unspecified atom stereocenters. The van der Waals surface area contributed by atoms with E-state index < -0.39 is 0 Å². The molecule has 0 radical (unpaired) electrons. The molecule has 0 bridgehead atoms. The van der Waals surface area contributed by atoms with Crippen LogP contribution in [-0.2, 0) is 9.53 Å². The van der Waals surface area contributed by atoms with Crippen molar-refractivity contribution in [2.45, 2.75) is 60.0 Å². The van der Waals surface area contributed by atoms with E-state index in [0.29, 0.717) is 18.3 Å². The fourth-order valence-electron chi connectivity index (χ4n) is 1.74. The summed E-state index contributed by atoms with van der Waals surface area (Å²) in [7, 11) is 0. The summed E-state index contributed by atoms with van der Waals surface area (Å²) in [6, 6.07) is 0. The predicted molar refractivity (Wildman–Crippen MR) is 68.2 cm³/mol. The third kappa shape index (κ3) is 6.65. The number of carbonyl (C=O) groups is 1. The molecule has 0 N–H and O–H groups in total. The van der Waals surface area contributed by atoms with Crippen molar-refractivity contribution >= 4 is 5.97 Å². The fourth-order valence-corrected chi connectivity index (χ4v) is 1.74. The van der Waals surface area contributed by atoms with Crippen molar-refractivity contribution in [2.75, 3.05) is 0 Å². The van der Waals surface area contributed by atoms with Gasteiger partial charge in [0.05, 0.1) is 0 Å². The third-order valence-electron chi connectivity index (χ3n) is 2.50. The van der Waals surface area contributed by atoms with Crippen LogP contribution in [0.1, 0.15) is 53.9 Å². The molecule has 16 heavy (non-hydrogen) atoms. The Morgan fingerprint density at radius 2 is 1.69 bits per heavy atom. The van der Waals surface area contributed by atoms with E-state index in [9.17, 15) is 4.79 Å². The summed E-state index contributed by atoms with van der Waals surface area (Å²) in [6.07, 6.45) is 6.47. The Morgan fingerprint density at radius 1 is 1.12 bits per heavy atom. The second-order valence-electron chi connectivity index (χ2n) is 4.86. The normalized spacial score (nSPS) is 12.0. The van der Waals surface area contributed by atoms with Gasteiger partial charge in [-0.05, 0) is 24.7 Å². The Bertz CT molecular complexity index is 209. The van der Waals surface area contributed by atoms with E-state index in [0.717, 1.165) is 12.8 Å². The third-order valence-corrected chi connectivity index (χ3v) is 2.50. The number of ether oxygens (including phenoxy) is 1.